The number of carbonyl (C=O) groups excluding carboxylic acids is 1. The number of methoxy groups -OCH3 is 1. The highest BCUT2D eigenvalue weighted by molar-refractivity contribution is 9.10. The van der Waals surface area contributed by atoms with E-state index in [0.29, 0.717) is 5.75 Å². The van der Waals surface area contributed by atoms with Crippen molar-refractivity contribution in [3.63, 3.8) is 0 Å². The number of phenols is 1. The molecular formula is C16H14BrN3O3. The molecular weight excluding hydrogens is 362 g/mol. The van der Waals surface area contributed by atoms with Gasteiger partial charge >= 0.3 is 0 Å². The molecule has 0 saturated carbocycles. The second-order valence-corrected chi connectivity index (χ2v) is 5.83. The van der Waals surface area contributed by atoms with E-state index in [0.717, 1.165) is 15.8 Å². The van der Waals surface area contributed by atoms with Crippen molar-refractivity contribution >= 4 is 27.5 Å². The Bertz CT molecular complexity index is 876. The van der Waals surface area contributed by atoms with Gasteiger partial charge in [-0.25, -0.2) is 4.98 Å². The van der Waals surface area contributed by atoms with Gasteiger partial charge in [-0.15, -0.1) is 0 Å². The first kappa shape index (κ1) is 15.4. The zero-order valence-corrected chi connectivity index (χ0v) is 13.9. The number of carbonyl (C=O) groups is 1. The Hall–Kier alpha value is -2.54. The fourth-order valence-corrected chi connectivity index (χ4v) is 2.55. The lowest BCUT2D eigenvalue weighted by Gasteiger charge is -2.07. The summed E-state index contributed by atoms with van der Waals surface area (Å²) >= 11 is 3.40. The molecule has 0 unspecified atom stereocenters. The average Bonchev–Trinajstić information content (AvgIpc) is 2.94. The molecule has 2 aromatic heterocycles. The molecule has 3 aromatic rings. The third-order valence-electron chi connectivity index (χ3n) is 3.34. The minimum atomic E-state index is -0.372. The van der Waals surface area contributed by atoms with E-state index >= 15 is 0 Å². The monoisotopic (exact) mass is 375 g/mol. The van der Waals surface area contributed by atoms with Gasteiger partial charge in [-0.2, -0.15) is 0 Å². The number of ether oxygens (including phenoxy) is 1. The van der Waals surface area contributed by atoms with Gasteiger partial charge in [0.15, 0.2) is 0 Å². The van der Waals surface area contributed by atoms with E-state index in [1.54, 1.807) is 6.07 Å². The molecule has 2 heterocycles. The summed E-state index contributed by atoms with van der Waals surface area (Å²) in [6, 6.07) is 8.32. The van der Waals surface area contributed by atoms with Crippen molar-refractivity contribution in [2.45, 2.75) is 6.54 Å². The van der Waals surface area contributed by atoms with Gasteiger partial charge in [0.05, 0.1) is 24.9 Å². The van der Waals surface area contributed by atoms with E-state index < -0.39 is 0 Å². The largest absolute Gasteiger partial charge is 0.507 e. The molecule has 2 N–H and O–H groups in total. The van der Waals surface area contributed by atoms with E-state index in [1.807, 2.05) is 28.9 Å². The zero-order valence-electron chi connectivity index (χ0n) is 12.3. The van der Waals surface area contributed by atoms with Crippen LogP contribution in [0.4, 0.5) is 0 Å². The summed E-state index contributed by atoms with van der Waals surface area (Å²) in [4.78, 5) is 16.6. The van der Waals surface area contributed by atoms with E-state index in [4.69, 9.17) is 4.74 Å². The van der Waals surface area contributed by atoms with Gasteiger partial charge < -0.3 is 19.6 Å². The van der Waals surface area contributed by atoms with Crippen molar-refractivity contribution in [1.82, 2.24) is 14.7 Å². The summed E-state index contributed by atoms with van der Waals surface area (Å²) in [6.07, 6.45) is 3.73. The maximum Gasteiger partial charge on any atom is 0.255 e. The molecule has 0 aliphatic rings. The van der Waals surface area contributed by atoms with Gasteiger partial charge in [0.2, 0.25) is 0 Å². The molecule has 0 saturated heterocycles. The Morgan fingerprint density at radius 1 is 1.35 bits per heavy atom. The van der Waals surface area contributed by atoms with Crippen LogP contribution in [0.15, 0.2) is 47.2 Å². The maximum absolute atomic E-state index is 12.2. The number of aromatic nitrogens is 2. The molecule has 0 bridgehead atoms. The number of imidazole rings is 1. The summed E-state index contributed by atoms with van der Waals surface area (Å²) in [5.41, 5.74) is 1.71. The summed E-state index contributed by atoms with van der Waals surface area (Å²) < 4.78 is 7.81. The van der Waals surface area contributed by atoms with Crippen LogP contribution in [-0.2, 0) is 6.54 Å². The summed E-state index contributed by atoms with van der Waals surface area (Å²) in [5.74, 6) is -0.00542. The third kappa shape index (κ3) is 3.29. The molecule has 0 fully saturated rings. The Labute approximate surface area is 140 Å². The molecule has 118 valence electrons. The first-order chi connectivity index (χ1) is 11.1. The third-order valence-corrected chi connectivity index (χ3v) is 3.81. The van der Waals surface area contributed by atoms with Crippen LogP contribution in [0.5, 0.6) is 11.5 Å². The second kappa shape index (κ2) is 6.29. The number of amides is 1. The number of benzene rings is 1. The van der Waals surface area contributed by atoms with Crippen molar-refractivity contribution in [2.75, 3.05) is 7.11 Å². The van der Waals surface area contributed by atoms with E-state index in [2.05, 4.69) is 26.2 Å². The summed E-state index contributed by atoms with van der Waals surface area (Å²) in [7, 11) is 1.50. The molecule has 0 atom stereocenters. The van der Waals surface area contributed by atoms with Crippen molar-refractivity contribution in [2.24, 2.45) is 0 Å². The molecule has 0 aliphatic heterocycles. The van der Waals surface area contributed by atoms with E-state index in [1.165, 1.54) is 19.2 Å². The predicted octanol–water partition coefficient (Wildman–Crippen LogP) is 2.74. The normalized spacial score (nSPS) is 10.7. The Morgan fingerprint density at radius 2 is 2.17 bits per heavy atom. The number of fused-ring (bicyclic) bond motifs is 1. The van der Waals surface area contributed by atoms with Gasteiger partial charge in [0, 0.05) is 22.9 Å². The highest BCUT2D eigenvalue weighted by Gasteiger charge is 2.12. The molecule has 0 radical (unpaired) electrons. The van der Waals surface area contributed by atoms with Crippen LogP contribution in [0.25, 0.3) is 5.65 Å². The lowest BCUT2D eigenvalue weighted by atomic mass is 10.2. The van der Waals surface area contributed by atoms with Crippen LogP contribution in [0.3, 0.4) is 0 Å². The predicted molar refractivity (Wildman–Crippen MR) is 88.7 cm³/mol. The van der Waals surface area contributed by atoms with Crippen molar-refractivity contribution < 1.29 is 14.6 Å². The number of pyridine rings is 1. The second-order valence-electron chi connectivity index (χ2n) is 4.91. The summed E-state index contributed by atoms with van der Waals surface area (Å²) in [5, 5.41) is 12.6. The van der Waals surface area contributed by atoms with Crippen LogP contribution in [0.1, 0.15) is 16.1 Å². The van der Waals surface area contributed by atoms with E-state index in [9.17, 15) is 9.90 Å². The molecule has 6 nitrogen and oxygen atoms in total. The minimum absolute atomic E-state index is 0.124. The average molecular weight is 376 g/mol. The fourth-order valence-electron chi connectivity index (χ4n) is 2.20. The molecule has 1 aromatic carbocycles. The van der Waals surface area contributed by atoms with Crippen LogP contribution in [0, 0.1) is 0 Å². The van der Waals surface area contributed by atoms with Gasteiger partial charge in [-0.3, -0.25) is 4.79 Å². The fraction of sp³-hybridized carbons (Fsp3) is 0.125. The Kier molecular flexibility index (Phi) is 4.20. The number of halogens is 1. The van der Waals surface area contributed by atoms with Gasteiger partial charge in [-0.1, -0.05) is 0 Å². The first-order valence-corrected chi connectivity index (χ1v) is 7.64. The number of nitrogens with one attached hydrogen (secondary N) is 1. The van der Waals surface area contributed by atoms with E-state index in [-0.39, 0.29) is 23.8 Å². The number of hydrogen-bond donors (Lipinski definition) is 2. The van der Waals surface area contributed by atoms with Crippen molar-refractivity contribution in [1.29, 1.82) is 0 Å². The van der Waals surface area contributed by atoms with Crippen LogP contribution in [-0.4, -0.2) is 27.5 Å². The van der Waals surface area contributed by atoms with Crippen LogP contribution < -0.4 is 10.1 Å². The topological polar surface area (TPSA) is 75.9 Å². The minimum Gasteiger partial charge on any atom is -0.507 e. The standard InChI is InChI=1S/C16H14BrN3O3/c1-23-12-3-4-13(14(21)6-12)16(22)18-7-11-9-20-8-10(17)2-5-15(20)19-11/h2-6,8-9,21H,7H2,1H3,(H,18,22). The number of nitrogens with zero attached hydrogens (tertiary/aromatic N) is 2. The van der Waals surface area contributed by atoms with Crippen LogP contribution >= 0.6 is 15.9 Å². The highest BCUT2D eigenvalue weighted by atomic mass is 79.9. The Morgan fingerprint density at radius 3 is 2.91 bits per heavy atom. The lowest BCUT2D eigenvalue weighted by Crippen LogP contribution is -2.23. The molecule has 3 rings (SSSR count). The first-order valence-electron chi connectivity index (χ1n) is 6.85. The SMILES string of the molecule is COc1ccc(C(=O)NCc2cn3cc(Br)ccc3n2)c(O)c1. The van der Waals surface area contributed by atoms with Crippen molar-refractivity contribution in [3.05, 3.63) is 58.5 Å². The molecule has 1 amide bonds. The zero-order chi connectivity index (χ0) is 16.4. The quantitative estimate of drug-likeness (QED) is 0.734. The van der Waals surface area contributed by atoms with Gasteiger partial charge in [0.25, 0.3) is 5.91 Å². The smallest absolute Gasteiger partial charge is 0.255 e. The highest BCUT2D eigenvalue weighted by Crippen LogP contribution is 2.23. The number of rotatable bonds is 4. The Balaban J connectivity index is 1.72. The molecule has 0 aliphatic carbocycles. The molecule has 7 heteroatoms. The molecule has 0 spiro atoms. The maximum atomic E-state index is 12.2. The van der Waals surface area contributed by atoms with Gasteiger partial charge in [0.1, 0.15) is 17.1 Å². The number of hydrogen-bond acceptors (Lipinski definition) is 4. The number of aromatic hydroxyl groups is 1. The summed E-state index contributed by atoms with van der Waals surface area (Å²) in [6.45, 7) is 0.267. The van der Waals surface area contributed by atoms with Crippen molar-refractivity contribution in [3.8, 4) is 11.5 Å². The lowest BCUT2D eigenvalue weighted by molar-refractivity contribution is 0.0948. The number of phenolic OH excluding ortho intramolecular Hbond substituents is 1. The van der Waals surface area contributed by atoms with Crippen LogP contribution in [0.2, 0.25) is 0 Å². The van der Waals surface area contributed by atoms with Gasteiger partial charge in [-0.05, 0) is 40.2 Å². The molecule has 23 heavy (non-hydrogen) atoms.